The van der Waals surface area contributed by atoms with Crippen molar-refractivity contribution in [1.82, 2.24) is 4.90 Å². The SMILES string of the molecule is CC#N.CCCCCCCCCCC(=O)Cl.CCCCCCCCCCC(=O)OCCOC(=O)CS(=O)(=O)[O-].CCN(CC)CC.CC[NH+](CC)CC.O=C(OCCO)C(F)(F)S(=O)(=O)[O-].[Na+]. The summed E-state index contributed by atoms with van der Waals surface area (Å²) < 4.78 is 97.5. The Balaban J connectivity index is -0.000000141. The molecule has 0 spiro atoms. The fraction of sp³-hybridized carbons (Fsp3) is 0.886. The van der Waals surface area contributed by atoms with Crippen LogP contribution in [0.2, 0.25) is 0 Å². The Hall–Kier alpha value is -1.58. The van der Waals surface area contributed by atoms with Crippen molar-refractivity contribution in [1.29, 1.82) is 5.26 Å². The van der Waals surface area contributed by atoms with Gasteiger partial charge in [0.15, 0.2) is 10.1 Å². The molecular formula is C44H87ClF2N3NaO14S2. The van der Waals surface area contributed by atoms with Gasteiger partial charge in [0.05, 0.1) is 32.3 Å². The second-order valence-electron chi connectivity index (χ2n) is 14.4. The van der Waals surface area contributed by atoms with Gasteiger partial charge in [-0.2, -0.15) is 14.0 Å². The molecule has 396 valence electrons. The van der Waals surface area contributed by atoms with Gasteiger partial charge in [-0.25, -0.2) is 21.6 Å². The number of aliphatic hydroxyl groups excluding tert-OH is 1. The Kier molecular flexibility index (Phi) is 67.7. The number of ether oxygens (including phenoxy) is 3. The molecule has 23 heteroatoms. The average molecular weight is 1040 g/mol. The maximum absolute atomic E-state index is 12.2. The van der Waals surface area contributed by atoms with E-state index in [0.29, 0.717) is 12.8 Å². The molecule has 17 nitrogen and oxygen atoms in total. The first-order chi connectivity index (χ1) is 31.0. The number of hydrogen-bond acceptors (Lipinski definition) is 16. The van der Waals surface area contributed by atoms with E-state index in [9.17, 15) is 53.9 Å². The number of nitrogens with zero attached hydrogens (tertiary/aromatic N) is 2. The average Bonchev–Trinajstić information content (AvgIpc) is 3.25. The molecule has 0 aromatic carbocycles. The van der Waals surface area contributed by atoms with Crippen molar-refractivity contribution < 1.29 is 108 Å². The minimum atomic E-state index is -6.07. The summed E-state index contributed by atoms with van der Waals surface area (Å²) in [5.74, 6) is -5.21. The number of unbranched alkanes of at least 4 members (excludes halogenated alkanes) is 14. The zero-order valence-corrected chi connectivity index (χ0v) is 47.0. The first-order valence-corrected chi connectivity index (χ1v) is 26.7. The topological polar surface area (TPSA) is 262 Å². The predicted molar refractivity (Wildman–Crippen MR) is 252 cm³/mol. The van der Waals surface area contributed by atoms with E-state index in [-0.39, 0.29) is 54.0 Å². The molecule has 0 atom stereocenters. The van der Waals surface area contributed by atoms with E-state index in [2.05, 4.69) is 69.8 Å². The summed E-state index contributed by atoms with van der Waals surface area (Å²) in [6, 6.07) is 1.75. The third kappa shape index (κ3) is 66.5. The second-order valence-corrected chi connectivity index (χ2v) is 17.7. The summed E-state index contributed by atoms with van der Waals surface area (Å²) in [6.45, 7) is 24.5. The van der Waals surface area contributed by atoms with Gasteiger partial charge in [0.1, 0.15) is 35.7 Å². The summed E-state index contributed by atoms with van der Waals surface area (Å²) >= 11 is 5.22. The van der Waals surface area contributed by atoms with Crippen LogP contribution in [0.15, 0.2) is 0 Å². The first kappa shape index (κ1) is 79.5. The number of aliphatic hydroxyl groups is 1. The molecule has 0 bridgehead atoms. The van der Waals surface area contributed by atoms with E-state index in [1.54, 1.807) is 11.0 Å². The van der Waals surface area contributed by atoms with Crippen LogP contribution < -0.4 is 34.5 Å². The number of nitriles is 1. The standard InChI is InChI=1S/C15H28O7S.C11H21ClO.2C6H15N.C4H6F2O6S.C2H3N.Na/c1-2-3-4-5-6-7-8-9-10-14(16)21-11-12-22-15(17)13-23(18,19)20;1-2-3-4-5-6-7-8-9-10-11(12)13;2*1-4-7(5-2)6-3;5-4(6,13(9,10)11)3(8)12-2-1-7;1-2-3;/h2-13H2,1H3,(H,18,19,20);2-10H2,1H3;2*4-6H2,1-3H3;7H,1-2H2,(H,9,10,11);1H3;/q;;;;;;+1/p-1. The smallest absolute Gasteiger partial charge is 0.748 e. The summed E-state index contributed by atoms with van der Waals surface area (Å²) in [4.78, 5) is 46.9. The summed E-state index contributed by atoms with van der Waals surface area (Å²) in [7, 11) is -10.7. The molecule has 0 radical (unpaired) electrons. The third-order valence-corrected chi connectivity index (χ3v) is 10.7. The van der Waals surface area contributed by atoms with E-state index in [0.717, 1.165) is 32.1 Å². The number of nitrogens with one attached hydrogen (secondary N) is 1. The van der Waals surface area contributed by atoms with Crippen LogP contribution in [-0.2, 0) is 53.6 Å². The number of esters is 3. The Morgan fingerprint density at radius 3 is 1.25 bits per heavy atom. The second kappa shape index (κ2) is 57.0. The minimum Gasteiger partial charge on any atom is -0.748 e. The normalized spacial score (nSPS) is 10.6. The van der Waals surface area contributed by atoms with Crippen LogP contribution in [0.4, 0.5) is 8.78 Å². The van der Waals surface area contributed by atoms with Crippen LogP contribution in [0.5, 0.6) is 0 Å². The van der Waals surface area contributed by atoms with Crippen molar-refractivity contribution in [2.45, 2.75) is 183 Å². The molecule has 0 saturated heterocycles. The Labute approximate surface area is 430 Å². The van der Waals surface area contributed by atoms with Gasteiger partial charge in [-0.15, -0.1) is 0 Å². The van der Waals surface area contributed by atoms with Gasteiger partial charge >= 0.3 is 52.7 Å². The van der Waals surface area contributed by atoms with Crippen molar-refractivity contribution >= 4 is 55.0 Å². The van der Waals surface area contributed by atoms with E-state index in [4.69, 9.17) is 26.7 Å². The number of rotatable bonds is 33. The van der Waals surface area contributed by atoms with Crippen LogP contribution >= 0.6 is 11.6 Å². The molecule has 0 aliphatic heterocycles. The quantitative estimate of drug-likeness (QED) is 0.0236. The molecule has 0 aliphatic rings. The first-order valence-electron chi connectivity index (χ1n) is 23.4. The van der Waals surface area contributed by atoms with Crippen LogP contribution in [0.3, 0.4) is 0 Å². The Morgan fingerprint density at radius 1 is 0.642 bits per heavy atom. The fourth-order valence-corrected chi connectivity index (χ4v) is 5.88. The Morgan fingerprint density at radius 2 is 0.985 bits per heavy atom. The largest absolute Gasteiger partial charge is 1.00 e. The van der Waals surface area contributed by atoms with Gasteiger partial charge < -0.3 is 38.2 Å². The van der Waals surface area contributed by atoms with Crippen molar-refractivity contribution in [2.24, 2.45) is 0 Å². The number of quaternary nitrogens is 1. The van der Waals surface area contributed by atoms with E-state index < -0.39 is 56.4 Å². The predicted octanol–water partition coefficient (Wildman–Crippen LogP) is 3.90. The van der Waals surface area contributed by atoms with Gasteiger partial charge in [0.25, 0.3) is 0 Å². The summed E-state index contributed by atoms with van der Waals surface area (Å²) in [5.41, 5.74) is 0. The van der Waals surface area contributed by atoms with Gasteiger partial charge in [0.2, 0.25) is 5.24 Å². The molecule has 0 amide bonds. The monoisotopic (exact) mass is 1040 g/mol. The van der Waals surface area contributed by atoms with Crippen molar-refractivity contribution in [2.75, 3.05) is 71.4 Å². The summed E-state index contributed by atoms with van der Waals surface area (Å²) in [5, 5.41) is 10.1. The molecule has 0 fully saturated rings. The number of halogens is 3. The van der Waals surface area contributed by atoms with Crippen LogP contribution in [-0.4, -0.2) is 136 Å². The minimum absolute atomic E-state index is 0. The molecule has 67 heavy (non-hydrogen) atoms. The van der Waals surface area contributed by atoms with Gasteiger partial charge in [-0.1, -0.05) is 125 Å². The maximum Gasteiger partial charge on any atom is 1.00 e. The fourth-order valence-electron chi connectivity index (χ4n) is 5.12. The molecule has 0 heterocycles. The summed E-state index contributed by atoms with van der Waals surface area (Å²) in [6.07, 6.45) is 20.0. The van der Waals surface area contributed by atoms with Crippen molar-refractivity contribution in [3.8, 4) is 6.07 Å². The molecule has 0 saturated carbocycles. The zero-order chi connectivity index (χ0) is 52.3. The van der Waals surface area contributed by atoms with Gasteiger partial charge in [-0.3, -0.25) is 14.4 Å². The van der Waals surface area contributed by atoms with Crippen LogP contribution in [0, 0.1) is 11.3 Å². The Bertz CT molecular complexity index is 1390. The number of carbonyl (C=O) groups is 4. The zero-order valence-electron chi connectivity index (χ0n) is 42.6. The third-order valence-electron chi connectivity index (χ3n) is 9.08. The number of alkyl halides is 2. The number of hydrogen-bond donors (Lipinski definition) is 2. The molecule has 0 aromatic rings. The van der Waals surface area contributed by atoms with E-state index in [1.165, 1.54) is 117 Å². The maximum atomic E-state index is 12.2. The molecule has 2 N–H and O–H groups in total. The molecule has 0 rings (SSSR count). The van der Waals surface area contributed by atoms with Gasteiger partial charge in [-0.05, 0) is 64.8 Å². The molecule has 0 aliphatic carbocycles. The molecule has 0 unspecified atom stereocenters. The van der Waals surface area contributed by atoms with Crippen LogP contribution in [0.25, 0.3) is 0 Å². The number of carbonyl (C=O) groups excluding carboxylic acids is 4. The van der Waals surface area contributed by atoms with Crippen LogP contribution in [0.1, 0.15) is 178 Å². The van der Waals surface area contributed by atoms with E-state index >= 15 is 0 Å². The van der Waals surface area contributed by atoms with E-state index in [1.807, 2.05) is 0 Å². The molecular weight excluding hydrogens is 955 g/mol. The van der Waals surface area contributed by atoms with Gasteiger partial charge in [0, 0.05) is 19.8 Å². The van der Waals surface area contributed by atoms with Crippen molar-refractivity contribution in [3.63, 3.8) is 0 Å². The molecule has 0 aromatic heterocycles. The van der Waals surface area contributed by atoms with Crippen molar-refractivity contribution in [3.05, 3.63) is 0 Å².